The summed E-state index contributed by atoms with van der Waals surface area (Å²) in [7, 11) is 1.30. The molecule has 0 saturated carbocycles. The van der Waals surface area contributed by atoms with Crippen molar-refractivity contribution in [3.8, 4) is 11.3 Å². The Bertz CT molecular complexity index is 1190. The molecule has 3 N–H and O–H groups in total. The van der Waals surface area contributed by atoms with Gasteiger partial charge >= 0.3 is 11.9 Å². The number of fused-ring (bicyclic) bond motifs is 1. The molecule has 2 atom stereocenters. The lowest BCUT2D eigenvalue weighted by Gasteiger charge is -2.20. The number of amides is 1. The maximum Gasteiger partial charge on any atom is 0.326 e. The minimum absolute atomic E-state index is 0.0880. The van der Waals surface area contributed by atoms with Crippen LogP contribution in [0.1, 0.15) is 30.6 Å². The number of hydrogen-bond acceptors (Lipinski definition) is 6. The first kappa shape index (κ1) is 24.1. The van der Waals surface area contributed by atoms with E-state index in [1.807, 2.05) is 13.0 Å². The lowest BCUT2D eigenvalue weighted by atomic mass is 9.99. The minimum Gasteiger partial charge on any atom is -0.480 e. The molecule has 33 heavy (non-hydrogen) atoms. The first-order chi connectivity index (χ1) is 15.7. The molecule has 3 aromatic rings. The molecule has 0 aliphatic rings. The van der Waals surface area contributed by atoms with Gasteiger partial charge in [0, 0.05) is 22.3 Å². The van der Waals surface area contributed by atoms with Crippen molar-refractivity contribution in [2.24, 2.45) is 5.92 Å². The number of carbonyl (C=O) groups excluding carboxylic acids is 2. The number of esters is 1. The number of ether oxygens (including phenoxy) is 1. The molecule has 10 heteroatoms. The zero-order chi connectivity index (χ0) is 24.1. The highest BCUT2D eigenvalue weighted by atomic mass is 35.5. The average molecular weight is 473 g/mol. The summed E-state index contributed by atoms with van der Waals surface area (Å²) in [5.74, 6) is -1.76. The third kappa shape index (κ3) is 5.43. The number of aromatic nitrogens is 2. The number of rotatable bonds is 9. The van der Waals surface area contributed by atoms with Crippen LogP contribution in [0, 0.1) is 5.92 Å². The van der Waals surface area contributed by atoms with Gasteiger partial charge < -0.3 is 20.5 Å². The summed E-state index contributed by atoms with van der Waals surface area (Å²) in [5.41, 5.74) is 1.94. The predicted molar refractivity (Wildman–Crippen MR) is 124 cm³/mol. The molecule has 2 aromatic heterocycles. The Morgan fingerprint density at radius 2 is 2.00 bits per heavy atom. The Morgan fingerprint density at radius 3 is 2.64 bits per heavy atom. The molecule has 1 aromatic carbocycles. The molecule has 9 nitrogen and oxygen atoms in total. The Balaban J connectivity index is 2.01. The number of imidazole rings is 1. The lowest BCUT2D eigenvalue weighted by molar-refractivity contribution is -0.140. The van der Waals surface area contributed by atoms with Crippen LogP contribution in [0.25, 0.3) is 16.9 Å². The number of anilines is 1. The molecular formula is C23H25ClN4O5. The molecule has 2 heterocycles. The van der Waals surface area contributed by atoms with Crippen molar-refractivity contribution in [2.45, 2.75) is 26.3 Å². The molecular weight excluding hydrogens is 448 g/mol. The summed E-state index contributed by atoms with van der Waals surface area (Å²) in [6.45, 7) is 3.55. The van der Waals surface area contributed by atoms with Crippen LogP contribution in [0.5, 0.6) is 0 Å². The number of benzene rings is 1. The Kier molecular flexibility index (Phi) is 7.55. The Morgan fingerprint density at radius 1 is 1.24 bits per heavy atom. The number of methoxy groups -OCH3 is 1. The molecule has 0 fully saturated rings. The van der Waals surface area contributed by atoms with Crippen molar-refractivity contribution in [1.29, 1.82) is 0 Å². The van der Waals surface area contributed by atoms with Crippen LogP contribution in [-0.4, -0.2) is 52.0 Å². The van der Waals surface area contributed by atoms with E-state index in [0.717, 1.165) is 0 Å². The lowest BCUT2D eigenvalue weighted by Crippen LogP contribution is -2.45. The summed E-state index contributed by atoms with van der Waals surface area (Å²) in [6, 6.07) is 9.20. The van der Waals surface area contributed by atoms with E-state index in [0.29, 0.717) is 34.2 Å². The zero-order valence-corrected chi connectivity index (χ0v) is 19.2. The van der Waals surface area contributed by atoms with Gasteiger partial charge in [-0.1, -0.05) is 44.0 Å². The summed E-state index contributed by atoms with van der Waals surface area (Å²) >= 11 is 6.14. The van der Waals surface area contributed by atoms with Gasteiger partial charge in [-0.3, -0.25) is 14.0 Å². The SMILES string of the molecule is CCC(C)C(NC(=O)c1ccn2c(NCC(=O)OC)c(-c3cccc(Cl)c3)nc2c1)C(=O)O. The highest BCUT2D eigenvalue weighted by Gasteiger charge is 2.26. The molecule has 3 rings (SSSR count). The van der Waals surface area contributed by atoms with Crippen LogP contribution >= 0.6 is 11.6 Å². The van der Waals surface area contributed by atoms with Gasteiger partial charge in [0.05, 0.1) is 7.11 Å². The van der Waals surface area contributed by atoms with Crippen LogP contribution in [-0.2, 0) is 14.3 Å². The van der Waals surface area contributed by atoms with Crippen LogP contribution in [0.2, 0.25) is 5.02 Å². The average Bonchev–Trinajstić information content (AvgIpc) is 3.17. The van der Waals surface area contributed by atoms with Crippen LogP contribution < -0.4 is 10.6 Å². The number of halogens is 1. The van der Waals surface area contributed by atoms with E-state index in [4.69, 9.17) is 16.3 Å². The molecule has 0 aliphatic carbocycles. The van der Waals surface area contributed by atoms with E-state index in [1.165, 1.54) is 7.11 Å². The van der Waals surface area contributed by atoms with Crippen LogP contribution in [0.4, 0.5) is 5.82 Å². The Hall–Kier alpha value is -3.59. The molecule has 2 unspecified atom stereocenters. The third-order valence-corrected chi connectivity index (χ3v) is 5.61. The van der Waals surface area contributed by atoms with Gasteiger partial charge in [0.2, 0.25) is 0 Å². The summed E-state index contributed by atoms with van der Waals surface area (Å²) in [4.78, 5) is 40.7. The fourth-order valence-corrected chi connectivity index (χ4v) is 3.52. The molecule has 0 aliphatic heterocycles. The van der Waals surface area contributed by atoms with Crippen molar-refractivity contribution in [1.82, 2.24) is 14.7 Å². The van der Waals surface area contributed by atoms with E-state index in [9.17, 15) is 19.5 Å². The molecule has 0 radical (unpaired) electrons. The summed E-state index contributed by atoms with van der Waals surface area (Å²) in [5, 5.41) is 15.6. The summed E-state index contributed by atoms with van der Waals surface area (Å²) < 4.78 is 6.40. The largest absolute Gasteiger partial charge is 0.480 e. The predicted octanol–water partition coefficient (Wildman–Crippen LogP) is 3.47. The fourth-order valence-electron chi connectivity index (χ4n) is 3.33. The number of nitrogens with one attached hydrogen (secondary N) is 2. The summed E-state index contributed by atoms with van der Waals surface area (Å²) in [6.07, 6.45) is 2.23. The maximum absolute atomic E-state index is 12.8. The normalized spacial score (nSPS) is 12.7. The number of carboxylic acid groups (broad SMARTS) is 1. The van der Waals surface area contributed by atoms with E-state index in [1.54, 1.807) is 47.9 Å². The van der Waals surface area contributed by atoms with Crippen LogP contribution in [0.3, 0.4) is 0 Å². The van der Waals surface area contributed by atoms with Gasteiger partial charge in [0.1, 0.15) is 29.7 Å². The zero-order valence-electron chi connectivity index (χ0n) is 18.5. The van der Waals surface area contributed by atoms with E-state index in [2.05, 4.69) is 15.6 Å². The highest BCUT2D eigenvalue weighted by molar-refractivity contribution is 6.30. The number of nitrogens with zero attached hydrogens (tertiary/aromatic N) is 2. The van der Waals surface area contributed by atoms with Gasteiger partial charge in [-0.25, -0.2) is 9.78 Å². The number of carbonyl (C=O) groups is 3. The van der Waals surface area contributed by atoms with Gasteiger partial charge in [-0.05, 0) is 30.2 Å². The van der Waals surface area contributed by atoms with Gasteiger partial charge in [-0.15, -0.1) is 0 Å². The van der Waals surface area contributed by atoms with E-state index < -0.39 is 23.9 Å². The molecule has 1 amide bonds. The molecule has 0 bridgehead atoms. The third-order valence-electron chi connectivity index (χ3n) is 5.38. The fraction of sp³-hybridized carbons (Fsp3) is 0.304. The van der Waals surface area contributed by atoms with E-state index in [-0.39, 0.29) is 18.0 Å². The maximum atomic E-state index is 12.8. The monoisotopic (exact) mass is 472 g/mol. The number of carboxylic acids is 1. The van der Waals surface area contributed by atoms with Crippen molar-refractivity contribution in [3.63, 3.8) is 0 Å². The molecule has 0 saturated heterocycles. The molecule has 174 valence electrons. The second-order valence-corrected chi connectivity index (χ2v) is 8.00. The standard InChI is InChI=1S/C23H25ClN4O5/c1-4-13(2)19(23(31)32)27-22(30)15-8-9-28-17(11-15)26-20(14-6-5-7-16(24)10-14)21(28)25-12-18(29)33-3/h5-11,13,19,25H,4,12H2,1-3H3,(H,27,30)(H,31,32). The smallest absolute Gasteiger partial charge is 0.326 e. The first-order valence-electron chi connectivity index (χ1n) is 10.4. The first-order valence-corrected chi connectivity index (χ1v) is 10.7. The second kappa shape index (κ2) is 10.4. The van der Waals surface area contributed by atoms with Crippen molar-refractivity contribution in [3.05, 3.63) is 53.2 Å². The van der Waals surface area contributed by atoms with Gasteiger partial charge in [0.15, 0.2) is 0 Å². The van der Waals surface area contributed by atoms with Gasteiger partial charge in [-0.2, -0.15) is 0 Å². The number of hydrogen-bond donors (Lipinski definition) is 3. The number of aliphatic carboxylic acids is 1. The van der Waals surface area contributed by atoms with Crippen molar-refractivity contribution in [2.75, 3.05) is 19.0 Å². The van der Waals surface area contributed by atoms with E-state index >= 15 is 0 Å². The quantitative estimate of drug-likeness (QED) is 0.407. The minimum atomic E-state index is -1.09. The topological polar surface area (TPSA) is 122 Å². The van der Waals surface area contributed by atoms with Crippen molar-refractivity contribution < 1.29 is 24.2 Å². The van der Waals surface area contributed by atoms with Crippen molar-refractivity contribution >= 4 is 40.9 Å². The Labute approximate surface area is 195 Å². The number of pyridine rings is 1. The van der Waals surface area contributed by atoms with Gasteiger partial charge in [0.25, 0.3) is 5.91 Å². The van der Waals surface area contributed by atoms with Crippen LogP contribution in [0.15, 0.2) is 42.6 Å². The molecule has 0 spiro atoms. The second-order valence-electron chi connectivity index (χ2n) is 7.57. The highest BCUT2D eigenvalue weighted by Crippen LogP contribution is 2.30.